The predicted octanol–water partition coefficient (Wildman–Crippen LogP) is 1.02. The van der Waals surface area contributed by atoms with E-state index >= 15 is 0 Å². The van der Waals surface area contributed by atoms with Gasteiger partial charge in [-0.25, -0.2) is 0 Å². The van der Waals surface area contributed by atoms with E-state index in [0.29, 0.717) is 26.0 Å². The number of carbonyl (C=O) groups excluding carboxylic acids is 1. The summed E-state index contributed by atoms with van der Waals surface area (Å²) in [4.78, 5) is 24.3. The maximum Gasteiger partial charge on any atom is 0.303 e. The minimum absolute atomic E-state index is 0.0736. The first-order valence-electron chi connectivity index (χ1n) is 6.31. The molecule has 96 valence electrons. The smallest absolute Gasteiger partial charge is 0.303 e. The summed E-state index contributed by atoms with van der Waals surface area (Å²) in [5, 5.41) is 8.54. The van der Waals surface area contributed by atoms with Gasteiger partial charge in [0, 0.05) is 19.4 Å². The van der Waals surface area contributed by atoms with E-state index in [1.807, 2.05) is 4.90 Å². The first-order valence-corrected chi connectivity index (χ1v) is 6.31. The molecule has 1 aliphatic heterocycles. The topological polar surface area (TPSA) is 66.8 Å². The third-order valence-electron chi connectivity index (χ3n) is 3.58. The Bertz CT molecular complexity index is 305. The first kappa shape index (κ1) is 12.4. The van der Waals surface area contributed by atoms with Crippen molar-refractivity contribution in [3.63, 3.8) is 0 Å². The second kappa shape index (κ2) is 5.49. The molecule has 1 saturated heterocycles. The lowest BCUT2D eigenvalue weighted by Crippen LogP contribution is -2.51. The summed E-state index contributed by atoms with van der Waals surface area (Å²) in [6.45, 7) is 1.28. The maximum atomic E-state index is 12.0. The molecule has 0 radical (unpaired) electrons. The highest BCUT2D eigenvalue weighted by Crippen LogP contribution is 2.30. The number of carbonyl (C=O) groups is 2. The normalized spacial score (nSPS) is 27.9. The van der Waals surface area contributed by atoms with E-state index in [4.69, 9.17) is 9.84 Å². The molecular weight excluding hydrogens is 222 g/mol. The zero-order chi connectivity index (χ0) is 12.3. The molecule has 2 atom stereocenters. The molecule has 1 aliphatic carbocycles. The van der Waals surface area contributed by atoms with Crippen molar-refractivity contribution < 1.29 is 19.4 Å². The Labute approximate surface area is 101 Å². The molecule has 0 aromatic rings. The molecule has 0 spiro atoms. The number of fused-ring (bicyclic) bond motifs is 1. The highest BCUT2D eigenvalue weighted by Gasteiger charge is 2.37. The van der Waals surface area contributed by atoms with Gasteiger partial charge in [-0.05, 0) is 25.7 Å². The lowest BCUT2D eigenvalue weighted by molar-refractivity contribution is -0.144. The molecule has 5 nitrogen and oxygen atoms in total. The van der Waals surface area contributed by atoms with Crippen molar-refractivity contribution in [1.82, 2.24) is 4.90 Å². The van der Waals surface area contributed by atoms with Crippen molar-refractivity contribution in [2.45, 2.75) is 50.7 Å². The Kier molecular flexibility index (Phi) is 3.99. The van der Waals surface area contributed by atoms with Crippen LogP contribution in [0.15, 0.2) is 0 Å². The number of ether oxygens (including phenoxy) is 1. The van der Waals surface area contributed by atoms with E-state index in [2.05, 4.69) is 0 Å². The van der Waals surface area contributed by atoms with E-state index in [0.717, 1.165) is 19.3 Å². The number of hydrogen-bond acceptors (Lipinski definition) is 3. The molecule has 2 fully saturated rings. The predicted molar refractivity (Wildman–Crippen MR) is 60.6 cm³/mol. The lowest BCUT2D eigenvalue weighted by atomic mass is 10.1. The van der Waals surface area contributed by atoms with Crippen LogP contribution in [0.3, 0.4) is 0 Å². The Morgan fingerprint density at radius 1 is 1.29 bits per heavy atom. The van der Waals surface area contributed by atoms with Crippen molar-refractivity contribution in [2.24, 2.45) is 0 Å². The average molecular weight is 241 g/mol. The van der Waals surface area contributed by atoms with Crippen molar-refractivity contribution in [3.05, 3.63) is 0 Å². The molecule has 5 heteroatoms. The van der Waals surface area contributed by atoms with Gasteiger partial charge in [0.2, 0.25) is 5.91 Å². The van der Waals surface area contributed by atoms with Crippen LogP contribution in [-0.4, -0.2) is 47.2 Å². The van der Waals surface area contributed by atoms with Gasteiger partial charge in [0.05, 0.1) is 18.8 Å². The third kappa shape index (κ3) is 2.97. The maximum absolute atomic E-state index is 12.0. The van der Waals surface area contributed by atoms with Crippen LogP contribution in [0.25, 0.3) is 0 Å². The van der Waals surface area contributed by atoms with Gasteiger partial charge in [0.1, 0.15) is 0 Å². The van der Waals surface area contributed by atoms with Gasteiger partial charge in [-0.2, -0.15) is 0 Å². The number of hydrogen-bond donors (Lipinski definition) is 1. The number of aliphatic carboxylic acids is 1. The second-order valence-electron chi connectivity index (χ2n) is 4.74. The van der Waals surface area contributed by atoms with Gasteiger partial charge in [-0.1, -0.05) is 0 Å². The van der Waals surface area contributed by atoms with Gasteiger partial charge < -0.3 is 14.7 Å². The number of amides is 1. The molecule has 2 rings (SSSR count). The van der Waals surface area contributed by atoms with Crippen LogP contribution in [0.1, 0.15) is 38.5 Å². The van der Waals surface area contributed by atoms with Crippen molar-refractivity contribution in [1.29, 1.82) is 0 Å². The molecule has 2 aliphatic rings. The zero-order valence-electron chi connectivity index (χ0n) is 9.93. The SMILES string of the molecule is O=C(O)CCCC(=O)N1CCOC2CCCC21. The van der Waals surface area contributed by atoms with Gasteiger partial charge >= 0.3 is 5.97 Å². The zero-order valence-corrected chi connectivity index (χ0v) is 9.93. The summed E-state index contributed by atoms with van der Waals surface area (Å²) < 4.78 is 5.64. The Morgan fingerprint density at radius 3 is 2.88 bits per heavy atom. The lowest BCUT2D eigenvalue weighted by Gasteiger charge is -2.37. The summed E-state index contributed by atoms with van der Waals surface area (Å²) in [6, 6.07) is 0.237. The Hall–Kier alpha value is -1.10. The van der Waals surface area contributed by atoms with Crippen LogP contribution in [0, 0.1) is 0 Å². The van der Waals surface area contributed by atoms with Crippen LogP contribution < -0.4 is 0 Å². The van der Waals surface area contributed by atoms with E-state index in [1.54, 1.807) is 0 Å². The monoisotopic (exact) mass is 241 g/mol. The first-order chi connectivity index (χ1) is 8.18. The minimum Gasteiger partial charge on any atom is -0.481 e. The summed E-state index contributed by atoms with van der Waals surface area (Å²) in [6.07, 6.45) is 4.25. The van der Waals surface area contributed by atoms with Crippen molar-refractivity contribution in [3.8, 4) is 0 Å². The number of carboxylic acid groups (broad SMARTS) is 1. The van der Waals surface area contributed by atoms with Crippen LogP contribution in [-0.2, 0) is 14.3 Å². The Morgan fingerprint density at radius 2 is 2.12 bits per heavy atom. The van der Waals surface area contributed by atoms with Gasteiger partial charge in [0.15, 0.2) is 0 Å². The van der Waals surface area contributed by atoms with Crippen molar-refractivity contribution in [2.75, 3.05) is 13.2 Å². The van der Waals surface area contributed by atoms with E-state index in [1.165, 1.54) is 0 Å². The number of nitrogens with zero attached hydrogens (tertiary/aromatic N) is 1. The molecule has 17 heavy (non-hydrogen) atoms. The fourth-order valence-corrected chi connectivity index (χ4v) is 2.77. The molecule has 0 aromatic heterocycles. The molecule has 0 aromatic carbocycles. The molecule has 1 saturated carbocycles. The molecular formula is C12H19NO4. The van der Waals surface area contributed by atoms with Gasteiger partial charge in [0.25, 0.3) is 0 Å². The van der Waals surface area contributed by atoms with E-state index in [9.17, 15) is 9.59 Å². The van der Waals surface area contributed by atoms with E-state index < -0.39 is 5.97 Å². The van der Waals surface area contributed by atoms with Gasteiger partial charge in [-0.3, -0.25) is 9.59 Å². The highest BCUT2D eigenvalue weighted by atomic mass is 16.5. The molecule has 2 unspecified atom stereocenters. The molecule has 0 bridgehead atoms. The van der Waals surface area contributed by atoms with Crippen LogP contribution in [0.4, 0.5) is 0 Å². The average Bonchev–Trinajstić information content (AvgIpc) is 2.75. The van der Waals surface area contributed by atoms with Crippen LogP contribution >= 0.6 is 0 Å². The van der Waals surface area contributed by atoms with Gasteiger partial charge in [-0.15, -0.1) is 0 Å². The van der Waals surface area contributed by atoms with Crippen LogP contribution in [0.2, 0.25) is 0 Å². The summed E-state index contributed by atoms with van der Waals surface area (Å²) >= 11 is 0. The third-order valence-corrected chi connectivity index (χ3v) is 3.58. The minimum atomic E-state index is -0.835. The quantitative estimate of drug-likeness (QED) is 0.798. The van der Waals surface area contributed by atoms with E-state index in [-0.39, 0.29) is 24.5 Å². The number of carboxylic acids is 1. The fraction of sp³-hybridized carbons (Fsp3) is 0.833. The highest BCUT2D eigenvalue weighted by molar-refractivity contribution is 5.77. The second-order valence-corrected chi connectivity index (χ2v) is 4.74. The fourth-order valence-electron chi connectivity index (χ4n) is 2.77. The summed E-state index contributed by atoms with van der Waals surface area (Å²) in [5.41, 5.74) is 0. The summed E-state index contributed by atoms with van der Waals surface area (Å²) in [7, 11) is 0. The largest absolute Gasteiger partial charge is 0.481 e. The number of rotatable bonds is 4. The Balaban J connectivity index is 1.83. The molecule has 1 N–H and O–H groups in total. The molecule has 1 heterocycles. The molecule has 1 amide bonds. The standard InChI is InChI=1S/C12H19NO4/c14-11(5-2-6-12(15)16)13-7-8-17-10-4-1-3-9(10)13/h9-10H,1-8H2,(H,15,16). The van der Waals surface area contributed by atoms with Crippen LogP contribution in [0.5, 0.6) is 0 Å². The van der Waals surface area contributed by atoms with Crippen molar-refractivity contribution >= 4 is 11.9 Å². The number of morpholine rings is 1. The summed E-state index contributed by atoms with van der Waals surface area (Å²) in [5.74, 6) is -0.745.